The molecule has 18 heavy (non-hydrogen) atoms. The average Bonchev–Trinajstić information content (AvgIpc) is 2.98. The summed E-state index contributed by atoms with van der Waals surface area (Å²) in [7, 11) is 1.65. The van der Waals surface area contributed by atoms with Crippen LogP contribution in [0, 0.1) is 17.8 Å². The highest BCUT2D eigenvalue weighted by atomic mass is 16.5. The Bertz CT molecular complexity index is 469. The van der Waals surface area contributed by atoms with Gasteiger partial charge in [0, 0.05) is 5.92 Å². The van der Waals surface area contributed by atoms with Crippen molar-refractivity contribution in [3.05, 3.63) is 29.8 Å². The number of rotatable bonds is 3. The summed E-state index contributed by atoms with van der Waals surface area (Å²) in [6, 6.07) is 7.87. The Labute approximate surface area is 107 Å². The highest BCUT2D eigenvalue weighted by Crippen LogP contribution is 2.57. The van der Waals surface area contributed by atoms with Crippen molar-refractivity contribution in [3.63, 3.8) is 0 Å². The Balaban J connectivity index is 2.02. The summed E-state index contributed by atoms with van der Waals surface area (Å²) in [5, 5.41) is 9.49. The topological polar surface area (TPSA) is 46.5 Å². The molecule has 0 heterocycles. The van der Waals surface area contributed by atoms with Gasteiger partial charge in [-0.15, -0.1) is 0 Å². The zero-order valence-corrected chi connectivity index (χ0v) is 10.5. The van der Waals surface area contributed by atoms with E-state index in [9.17, 15) is 9.90 Å². The maximum Gasteiger partial charge on any atom is 0.307 e. The van der Waals surface area contributed by atoms with Crippen LogP contribution in [0.25, 0.3) is 0 Å². The Morgan fingerprint density at radius 3 is 2.72 bits per heavy atom. The van der Waals surface area contributed by atoms with Crippen LogP contribution in [0.4, 0.5) is 0 Å². The Morgan fingerprint density at radius 2 is 2.00 bits per heavy atom. The normalized spacial score (nSPS) is 33.6. The molecule has 3 rings (SSSR count). The molecule has 2 saturated carbocycles. The van der Waals surface area contributed by atoms with Crippen LogP contribution in [0.3, 0.4) is 0 Å². The molecule has 0 amide bonds. The number of para-hydroxylation sites is 1. The van der Waals surface area contributed by atoms with Crippen LogP contribution in [-0.4, -0.2) is 18.2 Å². The van der Waals surface area contributed by atoms with E-state index in [4.69, 9.17) is 4.74 Å². The molecule has 0 aromatic heterocycles. The van der Waals surface area contributed by atoms with Gasteiger partial charge in [0.25, 0.3) is 0 Å². The first-order chi connectivity index (χ1) is 8.72. The highest BCUT2D eigenvalue weighted by Gasteiger charge is 2.52. The first-order valence-electron chi connectivity index (χ1n) is 6.58. The maximum atomic E-state index is 11.5. The molecule has 3 nitrogen and oxygen atoms in total. The lowest BCUT2D eigenvalue weighted by Gasteiger charge is -2.29. The summed E-state index contributed by atoms with van der Waals surface area (Å²) in [6.07, 6.45) is 3.31. The van der Waals surface area contributed by atoms with Gasteiger partial charge in [0.05, 0.1) is 13.0 Å². The van der Waals surface area contributed by atoms with Crippen LogP contribution in [0.15, 0.2) is 24.3 Å². The summed E-state index contributed by atoms with van der Waals surface area (Å²) < 4.78 is 5.40. The lowest BCUT2D eigenvalue weighted by Crippen LogP contribution is -2.28. The van der Waals surface area contributed by atoms with Gasteiger partial charge in [0.2, 0.25) is 0 Å². The third-order valence-electron chi connectivity index (χ3n) is 4.70. The zero-order valence-electron chi connectivity index (χ0n) is 10.5. The molecule has 0 saturated heterocycles. The van der Waals surface area contributed by atoms with E-state index in [-0.39, 0.29) is 11.8 Å². The highest BCUT2D eigenvalue weighted by molar-refractivity contribution is 5.73. The van der Waals surface area contributed by atoms with Gasteiger partial charge in [-0.3, -0.25) is 4.79 Å². The van der Waals surface area contributed by atoms with E-state index in [1.165, 1.54) is 0 Å². The third-order valence-corrected chi connectivity index (χ3v) is 4.70. The van der Waals surface area contributed by atoms with Crippen LogP contribution in [0.5, 0.6) is 5.75 Å². The number of carboxylic acid groups (broad SMARTS) is 1. The van der Waals surface area contributed by atoms with Gasteiger partial charge in [-0.05, 0) is 42.7 Å². The van der Waals surface area contributed by atoms with Crippen LogP contribution in [-0.2, 0) is 4.79 Å². The SMILES string of the molecule is COc1ccccc1[C@H]1[C@H]2CC[C@H](C2)[C@@H]1C(=O)O. The number of hydrogen-bond acceptors (Lipinski definition) is 2. The van der Waals surface area contributed by atoms with Crippen LogP contribution < -0.4 is 4.74 Å². The average molecular weight is 246 g/mol. The fourth-order valence-corrected chi connectivity index (χ4v) is 4.04. The van der Waals surface area contributed by atoms with Crippen molar-refractivity contribution < 1.29 is 14.6 Å². The van der Waals surface area contributed by atoms with E-state index in [1.807, 2.05) is 24.3 Å². The Hall–Kier alpha value is -1.51. The number of carbonyl (C=O) groups is 1. The van der Waals surface area contributed by atoms with Gasteiger partial charge in [0.1, 0.15) is 5.75 Å². The van der Waals surface area contributed by atoms with Crippen molar-refractivity contribution >= 4 is 5.97 Å². The standard InChI is InChI=1S/C15H18O3/c1-18-12-5-3-2-4-11(12)13-9-6-7-10(8-9)14(13)15(16)17/h2-5,9-10,13-14H,6-8H2,1H3,(H,16,17)/t9-,10+,13+,14-/m0/s1. The van der Waals surface area contributed by atoms with E-state index >= 15 is 0 Å². The van der Waals surface area contributed by atoms with Crippen molar-refractivity contribution in [2.24, 2.45) is 17.8 Å². The van der Waals surface area contributed by atoms with E-state index in [0.717, 1.165) is 30.6 Å². The molecule has 2 aliphatic carbocycles. The summed E-state index contributed by atoms with van der Waals surface area (Å²) in [5.41, 5.74) is 1.08. The lowest BCUT2D eigenvalue weighted by atomic mass is 9.75. The quantitative estimate of drug-likeness (QED) is 0.892. The van der Waals surface area contributed by atoms with E-state index in [2.05, 4.69) is 0 Å². The van der Waals surface area contributed by atoms with Gasteiger partial charge in [-0.1, -0.05) is 18.2 Å². The minimum atomic E-state index is -0.641. The van der Waals surface area contributed by atoms with Gasteiger partial charge >= 0.3 is 5.97 Å². The smallest absolute Gasteiger partial charge is 0.307 e. The van der Waals surface area contributed by atoms with Crippen molar-refractivity contribution in [1.29, 1.82) is 0 Å². The molecule has 0 spiro atoms. The zero-order chi connectivity index (χ0) is 12.7. The molecular formula is C15H18O3. The minimum Gasteiger partial charge on any atom is -0.496 e. The second-order valence-electron chi connectivity index (χ2n) is 5.46. The fourth-order valence-electron chi connectivity index (χ4n) is 4.04. The summed E-state index contributed by atoms with van der Waals surface area (Å²) in [6.45, 7) is 0. The summed E-state index contributed by atoms with van der Waals surface area (Å²) in [5.74, 6) is 0.992. The molecule has 2 fully saturated rings. The lowest BCUT2D eigenvalue weighted by molar-refractivity contribution is -0.144. The maximum absolute atomic E-state index is 11.5. The van der Waals surface area contributed by atoms with Gasteiger partial charge in [-0.2, -0.15) is 0 Å². The summed E-state index contributed by atoms with van der Waals surface area (Å²) in [4.78, 5) is 11.5. The Kier molecular flexibility index (Phi) is 2.77. The Morgan fingerprint density at radius 1 is 1.28 bits per heavy atom. The third kappa shape index (κ3) is 1.61. The van der Waals surface area contributed by atoms with E-state index in [1.54, 1.807) is 7.11 Å². The number of fused-ring (bicyclic) bond motifs is 2. The molecule has 2 bridgehead atoms. The number of benzene rings is 1. The first kappa shape index (κ1) is 11.6. The molecule has 0 aliphatic heterocycles. The van der Waals surface area contributed by atoms with Crippen LogP contribution in [0.2, 0.25) is 0 Å². The number of carboxylic acids is 1. The van der Waals surface area contributed by atoms with Gasteiger partial charge in [-0.25, -0.2) is 0 Å². The molecule has 2 aliphatic rings. The molecule has 1 N–H and O–H groups in total. The van der Waals surface area contributed by atoms with E-state index < -0.39 is 5.97 Å². The molecule has 4 atom stereocenters. The van der Waals surface area contributed by atoms with Crippen molar-refractivity contribution in [1.82, 2.24) is 0 Å². The molecule has 1 aromatic rings. The molecule has 0 radical (unpaired) electrons. The van der Waals surface area contributed by atoms with E-state index in [0.29, 0.717) is 11.8 Å². The predicted molar refractivity (Wildman–Crippen MR) is 67.7 cm³/mol. The molecule has 96 valence electrons. The van der Waals surface area contributed by atoms with Crippen LogP contribution in [0.1, 0.15) is 30.7 Å². The predicted octanol–water partition coefficient (Wildman–Crippen LogP) is 2.91. The van der Waals surface area contributed by atoms with Crippen molar-refractivity contribution in [3.8, 4) is 5.75 Å². The molecule has 3 heteroatoms. The number of hydrogen-bond donors (Lipinski definition) is 1. The molecule has 0 unspecified atom stereocenters. The fraction of sp³-hybridized carbons (Fsp3) is 0.533. The number of ether oxygens (including phenoxy) is 1. The molecular weight excluding hydrogens is 228 g/mol. The number of aliphatic carboxylic acids is 1. The van der Waals surface area contributed by atoms with Gasteiger partial charge in [0.15, 0.2) is 0 Å². The van der Waals surface area contributed by atoms with Crippen molar-refractivity contribution in [2.45, 2.75) is 25.2 Å². The second kappa shape index (κ2) is 4.30. The summed E-state index contributed by atoms with van der Waals surface area (Å²) >= 11 is 0. The minimum absolute atomic E-state index is 0.136. The first-order valence-corrected chi connectivity index (χ1v) is 6.58. The largest absolute Gasteiger partial charge is 0.496 e. The second-order valence-corrected chi connectivity index (χ2v) is 5.46. The molecule has 1 aromatic carbocycles. The number of methoxy groups -OCH3 is 1. The monoisotopic (exact) mass is 246 g/mol. The van der Waals surface area contributed by atoms with Gasteiger partial charge < -0.3 is 9.84 Å². The van der Waals surface area contributed by atoms with Crippen LogP contribution >= 0.6 is 0 Å². The van der Waals surface area contributed by atoms with Crippen molar-refractivity contribution in [2.75, 3.05) is 7.11 Å².